The zero-order valence-corrected chi connectivity index (χ0v) is 9.55. The third kappa shape index (κ3) is 3.53. The van der Waals surface area contributed by atoms with Gasteiger partial charge in [-0.05, 0) is 26.8 Å². The molecule has 1 heterocycles. The van der Waals surface area contributed by atoms with E-state index >= 15 is 0 Å². The van der Waals surface area contributed by atoms with Crippen molar-refractivity contribution in [3.8, 4) is 0 Å². The summed E-state index contributed by atoms with van der Waals surface area (Å²) in [6.45, 7) is 5.84. The van der Waals surface area contributed by atoms with Crippen molar-refractivity contribution in [2.24, 2.45) is 10.9 Å². The lowest BCUT2D eigenvalue weighted by atomic mass is 10.1. The summed E-state index contributed by atoms with van der Waals surface area (Å²) < 4.78 is 22.1. The SMILES string of the molecule is CC(C)(N)CN1CCC(S(N)(=O)=O)C1. The Kier molecular flexibility index (Phi) is 3.20. The predicted octanol–water partition coefficient (Wildman–Crippen LogP) is -0.913. The number of nitrogens with zero attached hydrogens (tertiary/aromatic N) is 1. The maximum absolute atomic E-state index is 11.1. The highest BCUT2D eigenvalue weighted by Crippen LogP contribution is 2.16. The summed E-state index contributed by atoms with van der Waals surface area (Å²) in [6, 6.07) is 0. The summed E-state index contributed by atoms with van der Waals surface area (Å²) in [6.07, 6.45) is 0.620. The molecular weight excluding hydrogens is 202 g/mol. The Balaban J connectivity index is 2.51. The average Bonchev–Trinajstić information content (AvgIpc) is 2.29. The molecule has 6 heteroatoms. The van der Waals surface area contributed by atoms with Crippen LogP contribution < -0.4 is 10.9 Å². The standard InChI is InChI=1S/C8H19N3O2S/c1-8(2,9)6-11-4-3-7(5-11)14(10,12)13/h7H,3-6,9H2,1-2H3,(H2,10,12,13). The molecule has 0 radical (unpaired) electrons. The lowest BCUT2D eigenvalue weighted by molar-refractivity contribution is 0.272. The van der Waals surface area contributed by atoms with Crippen molar-refractivity contribution < 1.29 is 8.42 Å². The van der Waals surface area contributed by atoms with Crippen molar-refractivity contribution in [2.75, 3.05) is 19.6 Å². The second kappa shape index (κ2) is 3.77. The van der Waals surface area contributed by atoms with E-state index in [-0.39, 0.29) is 5.54 Å². The number of likely N-dealkylation sites (tertiary alicyclic amines) is 1. The summed E-state index contributed by atoms with van der Waals surface area (Å²) in [5, 5.41) is 4.67. The topological polar surface area (TPSA) is 89.4 Å². The molecule has 0 spiro atoms. The summed E-state index contributed by atoms with van der Waals surface area (Å²) >= 11 is 0. The molecule has 1 fully saturated rings. The van der Waals surface area contributed by atoms with Crippen LogP contribution >= 0.6 is 0 Å². The van der Waals surface area contributed by atoms with Gasteiger partial charge >= 0.3 is 0 Å². The molecule has 0 amide bonds. The Hall–Kier alpha value is -0.170. The normalized spacial score (nSPS) is 25.6. The van der Waals surface area contributed by atoms with E-state index in [2.05, 4.69) is 4.90 Å². The number of nitrogens with two attached hydrogens (primary N) is 2. The highest BCUT2D eigenvalue weighted by atomic mass is 32.2. The van der Waals surface area contributed by atoms with Crippen LogP contribution in [-0.2, 0) is 10.0 Å². The molecule has 0 bridgehead atoms. The highest BCUT2D eigenvalue weighted by molar-refractivity contribution is 7.89. The van der Waals surface area contributed by atoms with Crippen molar-refractivity contribution in [3.63, 3.8) is 0 Å². The number of rotatable bonds is 3. The van der Waals surface area contributed by atoms with Crippen LogP contribution in [0.25, 0.3) is 0 Å². The first-order valence-corrected chi connectivity index (χ1v) is 6.32. The lowest BCUT2D eigenvalue weighted by Gasteiger charge is -2.25. The molecule has 1 unspecified atom stereocenters. The predicted molar refractivity (Wildman–Crippen MR) is 56.2 cm³/mol. The van der Waals surface area contributed by atoms with Gasteiger partial charge in [0.25, 0.3) is 0 Å². The third-order valence-corrected chi connectivity index (χ3v) is 3.64. The van der Waals surface area contributed by atoms with Gasteiger partial charge in [-0.15, -0.1) is 0 Å². The minimum Gasteiger partial charge on any atom is -0.324 e. The van der Waals surface area contributed by atoms with E-state index in [9.17, 15) is 8.42 Å². The van der Waals surface area contributed by atoms with Crippen LogP contribution in [0.5, 0.6) is 0 Å². The first-order chi connectivity index (χ1) is 6.18. The zero-order valence-electron chi connectivity index (χ0n) is 8.73. The number of primary sulfonamides is 1. The summed E-state index contributed by atoms with van der Waals surface area (Å²) in [5.74, 6) is 0. The maximum atomic E-state index is 11.1. The lowest BCUT2D eigenvalue weighted by Crippen LogP contribution is -2.45. The van der Waals surface area contributed by atoms with Gasteiger partial charge in [-0.25, -0.2) is 13.6 Å². The van der Waals surface area contributed by atoms with Crippen molar-refractivity contribution >= 4 is 10.0 Å². The van der Waals surface area contributed by atoms with E-state index in [0.717, 1.165) is 6.54 Å². The molecule has 1 rings (SSSR count). The second-order valence-electron chi connectivity index (χ2n) is 4.72. The second-order valence-corrected chi connectivity index (χ2v) is 6.57. The van der Waals surface area contributed by atoms with Gasteiger partial charge in [-0.2, -0.15) is 0 Å². The van der Waals surface area contributed by atoms with Gasteiger partial charge in [-0.3, -0.25) is 0 Å². The fraction of sp³-hybridized carbons (Fsp3) is 1.00. The van der Waals surface area contributed by atoms with Gasteiger partial charge in [-0.1, -0.05) is 0 Å². The van der Waals surface area contributed by atoms with E-state index in [1.165, 1.54) is 0 Å². The van der Waals surface area contributed by atoms with Crippen molar-refractivity contribution in [3.05, 3.63) is 0 Å². The molecule has 0 aromatic carbocycles. The van der Waals surface area contributed by atoms with Crippen LogP contribution in [0.15, 0.2) is 0 Å². The first kappa shape index (κ1) is 11.9. The summed E-state index contributed by atoms with van der Waals surface area (Å²) in [4.78, 5) is 2.05. The number of sulfonamides is 1. The molecule has 0 aromatic rings. The minimum atomic E-state index is -3.37. The fourth-order valence-electron chi connectivity index (χ4n) is 1.79. The first-order valence-electron chi connectivity index (χ1n) is 4.71. The van der Waals surface area contributed by atoms with Gasteiger partial charge < -0.3 is 10.6 Å². The molecule has 5 nitrogen and oxygen atoms in total. The van der Waals surface area contributed by atoms with Crippen LogP contribution in [-0.4, -0.2) is 43.7 Å². The van der Waals surface area contributed by atoms with E-state index in [1.807, 2.05) is 13.8 Å². The summed E-state index contributed by atoms with van der Waals surface area (Å²) in [7, 11) is -3.37. The average molecular weight is 221 g/mol. The largest absolute Gasteiger partial charge is 0.324 e. The van der Waals surface area contributed by atoms with Gasteiger partial charge in [0.1, 0.15) is 0 Å². The van der Waals surface area contributed by atoms with Crippen LogP contribution in [0.3, 0.4) is 0 Å². The minimum absolute atomic E-state index is 0.284. The Labute approximate surface area is 85.5 Å². The molecule has 1 aliphatic rings. The molecule has 0 saturated carbocycles. The van der Waals surface area contributed by atoms with Crippen LogP contribution in [0.2, 0.25) is 0 Å². The Morgan fingerprint density at radius 1 is 1.50 bits per heavy atom. The van der Waals surface area contributed by atoms with Crippen LogP contribution in [0.4, 0.5) is 0 Å². The molecule has 1 atom stereocenters. The molecule has 0 aromatic heterocycles. The molecular formula is C8H19N3O2S. The summed E-state index contributed by atoms with van der Waals surface area (Å²) in [5.41, 5.74) is 5.56. The number of hydrogen-bond donors (Lipinski definition) is 2. The quantitative estimate of drug-likeness (QED) is 0.645. The smallest absolute Gasteiger partial charge is 0.213 e. The molecule has 1 saturated heterocycles. The van der Waals surface area contributed by atoms with Gasteiger partial charge in [0.15, 0.2) is 0 Å². The van der Waals surface area contributed by atoms with E-state index in [0.29, 0.717) is 19.5 Å². The van der Waals surface area contributed by atoms with E-state index in [4.69, 9.17) is 10.9 Å². The molecule has 4 N–H and O–H groups in total. The maximum Gasteiger partial charge on any atom is 0.213 e. The van der Waals surface area contributed by atoms with Gasteiger partial charge in [0.2, 0.25) is 10.0 Å². The van der Waals surface area contributed by atoms with Crippen molar-refractivity contribution in [2.45, 2.75) is 31.1 Å². The third-order valence-electron chi connectivity index (χ3n) is 2.32. The molecule has 1 aliphatic heterocycles. The van der Waals surface area contributed by atoms with Crippen LogP contribution in [0.1, 0.15) is 20.3 Å². The van der Waals surface area contributed by atoms with Crippen LogP contribution in [0, 0.1) is 0 Å². The zero-order chi connectivity index (χ0) is 11.0. The number of hydrogen-bond acceptors (Lipinski definition) is 4. The van der Waals surface area contributed by atoms with E-state index in [1.54, 1.807) is 0 Å². The fourth-order valence-corrected chi connectivity index (χ4v) is 2.64. The highest BCUT2D eigenvalue weighted by Gasteiger charge is 2.32. The van der Waals surface area contributed by atoms with Crippen molar-refractivity contribution in [1.82, 2.24) is 4.90 Å². The van der Waals surface area contributed by atoms with E-state index < -0.39 is 15.3 Å². The molecule has 14 heavy (non-hydrogen) atoms. The Bertz CT molecular complexity index is 294. The molecule has 84 valence electrons. The van der Waals surface area contributed by atoms with Gasteiger partial charge in [0.05, 0.1) is 5.25 Å². The van der Waals surface area contributed by atoms with Crippen molar-refractivity contribution in [1.29, 1.82) is 0 Å². The monoisotopic (exact) mass is 221 g/mol. The molecule has 0 aliphatic carbocycles. The van der Waals surface area contributed by atoms with Gasteiger partial charge in [0, 0.05) is 18.6 Å². The Morgan fingerprint density at radius 2 is 2.07 bits per heavy atom. The Morgan fingerprint density at radius 3 is 2.43 bits per heavy atom.